The Morgan fingerprint density at radius 2 is 1.71 bits per heavy atom. The summed E-state index contributed by atoms with van der Waals surface area (Å²) in [7, 11) is 0. The summed E-state index contributed by atoms with van der Waals surface area (Å²) in [5, 5.41) is 11.3. The zero-order valence-corrected chi connectivity index (χ0v) is 13.6. The van der Waals surface area contributed by atoms with Gasteiger partial charge in [0.15, 0.2) is 6.61 Å². The van der Waals surface area contributed by atoms with Crippen molar-refractivity contribution in [3.63, 3.8) is 0 Å². The van der Waals surface area contributed by atoms with E-state index < -0.39 is 17.3 Å². The molecule has 0 aromatic heterocycles. The maximum absolute atomic E-state index is 12.3. The SMILES string of the molecule is CC(C)(C(=O)OCC(=O)Nc1ccc(C#N)cc1)c1ccccc1. The highest BCUT2D eigenvalue weighted by molar-refractivity contribution is 5.93. The van der Waals surface area contributed by atoms with Gasteiger partial charge in [-0.05, 0) is 43.7 Å². The summed E-state index contributed by atoms with van der Waals surface area (Å²) in [4.78, 5) is 24.1. The summed E-state index contributed by atoms with van der Waals surface area (Å²) in [5.74, 6) is -0.902. The molecule has 0 spiro atoms. The first kappa shape index (κ1) is 17.2. The molecule has 0 bridgehead atoms. The monoisotopic (exact) mass is 322 g/mol. The van der Waals surface area contributed by atoms with Gasteiger partial charge in [0.2, 0.25) is 0 Å². The molecule has 2 aromatic carbocycles. The molecular formula is C19H18N2O3. The van der Waals surface area contributed by atoms with E-state index in [1.165, 1.54) is 0 Å². The lowest BCUT2D eigenvalue weighted by molar-refractivity contribution is -0.152. The molecular weight excluding hydrogens is 304 g/mol. The predicted octanol–water partition coefficient (Wildman–Crippen LogP) is 3.02. The molecule has 0 aliphatic heterocycles. The number of carbonyl (C=O) groups is 2. The molecule has 0 saturated heterocycles. The third kappa shape index (κ3) is 4.20. The normalized spacial score (nSPS) is 10.5. The fraction of sp³-hybridized carbons (Fsp3) is 0.211. The summed E-state index contributed by atoms with van der Waals surface area (Å²) < 4.78 is 5.14. The Hall–Kier alpha value is -3.13. The van der Waals surface area contributed by atoms with Crippen LogP contribution in [0.1, 0.15) is 25.0 Å². The Balaban J connectivity index is 1.91. The van der Waals surface area contributed by atoms with Gasteiger partial charge < -0.3 is 10.1 Å². The van der Waals surface area contributed by atoms with Gasteiger partial charge in [-0.1, -0.05) is 30.3 Å². The van der Waals surface area contributed by atoms with Crippen LogP contribution in [0.2, 0.25) is 0 Å². The standard InChI is InChI=1S/C19H18N2O3/c1-19(2,15-6-4-3-5-7-15)18(23)24-13-17(22)21-16-10-8-14(12-20)9-11-16/h3-11H,13H2,1-2H3,(H,21,22). The van der Waals surface area contributed by atoms with Crippen LogP contribution in [0.5, 0.6) is 0 Å². The third-order valence-electron chi connectivity index (χ3n) is 3.64. The van der Waals surface area contributed by atoms with E-state index in [0.717, 1.165) is 5.56 Å². The van der Waals surface area contributed by atoms with E-state index in [1.54, 1.807) is 38.1 Å². The highest BCUT2D eigenvalue weighted by atomic mass is 16.5. The minimum atomic E-state index is -0.837. The highest BCUT2D eigenvalue weighted by Crippen LogP contribution is 2.24. The van der Waals surface area contributed by atoms with E-state index in [9.17, 15) is 9.59 Å². The van der Waals surface area contributed by atoms with Gasteiger partial charge in [0, 0.05) is 5.69 Å². The first-order chi connectivity index (χ1) is 11.4. The van der Waals surface area contributed by atoms with Crippen molar-refractivity contribution in [3.05, 3.63) is 65.7 Å². The Kier molecular flexibility index (Phi) is 5.33. The maximum atomic E-state index is 12.3. The average molecular weight is 322 g/mol. The number of nitriles is 1. The van der Waals surface area contributed by atoms with Gasteiger partial charge in [0.05, 0.1) is 17.0 Å². The zero-order valence-electron chi connectivity index (χ0n) is 13.6. The molecule has 0 aliphatic rings. The Morgan fingerprint density at radius 3 is 2.29 bits per heavy atom. The number of nitrogens with zero attached hydrogens (tertiary/aromatic N) is 1. The third-order valence-corrected chi connectivity index (χ3v) is 3.64. The highest BCUT2D eigenvalue weighted by Gasteiger charge is 2.31. The van der Waals surface area contributed by atoms with E-state index in [4.69, 9.17) is 10.00 Å². The fourth-order valence-corrected chi connectivity index (χ4v) is 2.11. The van der Waals surface area contributed by atoms with Crippen molar-refractivity contribution in [2.24, 2.45) is 0 Å². The van der Waals surface area contributed by atoms with E-state index in [1.807, 2.05) is 36.4 Å². The molecule has 0 unspecified atom stereocenters. The number of anilines is 1. The smallest absolute Gasteiger partial charge is 0.316 e. The molecule has 0 saturated carbocycles. The number of hydrogen-bond donors (Lipinski definition) is 1. The average Bonchev–Trinajstić information content (AvgIpc) is 2.61. The fourth-order valence-electron chi connectivity index (χ4n) is 2.11. The second-order valence-electron chi connectivity index (χ2n) is 5.80. The number of benzene rings is 2. The molecule has 2 aromatic rings. The van der Waals surface area contributed by atoms with Gasteiger partial charge in [0.1, 0.15) is 0 Å². The summed E-state index contributed by atoms with van der Waals surface area (Å²) in [6.45, 7) is 3.14. The number of hydrogen-bond acceptors (Lipinski definition) is 4. The van der Waals surface area contributed by atoms with Gasteiger partial charge in [-0.25, -0.2) is 0 Å². The van der Waals surface area contributed by atoms with Crippen LogP contribution >= 0.6 is 0 Å². The van der Waals surface area contributed by atoms with Crippen LogP contribution in [0.15, 0.2) is 54.6 Å². The number of nitrogens with one attached hydrogen (secondary N) is 1. The van der Waals surface area contributed by atoms with Crippen LogP contribution in [-0.2, 0) is 19.7 Å². The van der Waals surface area contributed by atoms with Crippen molar-refractivity contribution in [2.75, 3.05) is 11.9 Å². The molecule has 0 radical (unpaired) electrons. The van der Waals surface area contributed by atoms with Crippen molar-refractivity contribution >= 4 is 17.6 Å². The number of rotatable bonds is 5. The van der Waals surface area contributed by atoms with Gasteiger partial charge in [-0.3, -0.25) is 9.59 Å². The van der Waals surface area contributed by atoms with Crippen LogP contribution in [0.25, 0.3) is 0 Å². The minimum Gasteiger partial charge on any atom is -0.455 e. The lowest BCUT2D eigenvalue weighted by Gasteiger charge is -2.22. The van der Waals surface area contributed by atoms with Gasteiger partial charge >= 0.3 is 5.97 Å². The van der Waals surface area contributed by atoms with Gasteiger partial charge in [-0.15, -0.1) is 0 Å². The van der Waals surface area contributed by atoms with Gasteiger partial charge in [-0.2, -0.15) is 5.26 Å². The van der Waals surface area contributed by atoms with Crippen LogP contribution < -0.4 is 5.32 Å². The molecule has 1 N–H and O–H groups in total. The molecule has 2 rings (SSSR count). The van der Waals surface area contributed by atoms with Gasteiger partial charge in [0.25, 0.3) is 5.91 Å². The molecule has 24 heavy (non-hydrogen) atoms. The Labute approximate surface area is 140 Å². The van der Waals surface area contributed by atoms with Crippen LogP contribution in [0.4, 0.5) is 5.69 Å². The van der Waals surface area contributed by atoms with E-state index in [0.29, 0.717) is 11.3 Å². The number of carbonyl (C=O) groups excluding carboxylic acids is 2. The van der Waals surface area contributed by atoms with E-state index in [2.05, 4.69) is 5.32 Å². The van der Waals surface area contributed by atoms with Crippen molar-refractivity contribution in [2.45, 2.75) is 19.3 Å². The molecule has 0 aliphatic carbocycles. The van der Waals surface area contributed by atoms with Crippen molar-refractivity contribution in [3.8, 4) is 6.07 Å². The minimum absolute atomic E-state index is 0.366. The second kappa shape index (κ2) is 7.42. The van der Waals surface area contributed by atoms with Crippen LogP contribution in [-0.4, -0.2) is 18.5 Å². The van der Waals surface area contributed by atoms with Crippen molar-refractivity contribution in [1.29, 1.82) is 5.26 Å². The molecule has 5 heteroatoms. The summed E-state index contributed by atoms with van der Waals surface area (Å²) in [5.41, 5.74) is 1.03. The first-order valence-electron chi connectivity index (χ1n) is 7.46. The molecule has 0 fully saturated rings. The topological polar surface area (TPSA) is 79.2 Å². The first-order valence-corrected chi connectivity index (χ1v) is 7.46. The van der Waals surface area contributed by atoms with Crippen molar-refractivity contribution < 1.29 is 14.3 Å². The summed E-state index contributed by atoms with van der Waals surface area (Å²) in [6.07, 6.45) is 0. The molecule has 0 heterocycles. The molecule has 0 atom stereocenters. The van der Waals surface area contributed by atoms with Crippen molar-refractivity contribution in [1.82, 2.24) is 0 Å². The lowest BCUT2D eigenvalue weighted by Crippen LogP contribution is -2.33. The Bertz CT molecular complexity index is 759. The summed E-state index contributed by atoms with van der Waals surface area (Å²) >= 11 is 0. The lowest BCUT2D eigenvalue weighted by atomic mass is 9.85. The van der Waals surface area contributed by atoms with E-state index in [-0.39, 0.29) is 6.61 Å². The number of esters is 1. The van der Waals surface area contributed by atoms with E-state index >= 15 is 0 Å². The molecule has 5 nitrogen and oxygen atoms in total. The maximum Gasteiger partial charge on any atom is 0.316 e. The molecule has 1 amide bonds. The number of amides is 1. The number of ether oxygens (including phenoxy) is 1. The molecule has 122 valence electrons. The zero-order chi connectivity index (χ0) is 17.6. The van der Waals surface area contributed by atoms with Crippen LogP contribution in [0, 0.1) is 11.3 Å². The summed E-state index contributed by atoms with van der Waals surface area (Å²) in [6, 6.07) is 17.7. The second-order valence-corrected chi connectivity index (χ2v) is 5.80. The quantitative estimate of drug-likeness (QED) is 0.858. The van der Waals surface area contributed by atoms with Crippen LogP contribution in [0.3, 0.4) is 0 Å². The largest absolute Gasteiger partial charge is 0.455 e. The Morgan fingerprint density at radius 1 is 1.08 bits per heavy atom. The predicted molar refractivity (Wildman–Crippen MR) is 90.2 cm³/mol.